The summed E-state index contributed by atoms with van der Waals surface area (Å²) in [5.41, 5.74) is 1.85. The SMILES string of the molecule is CCNC(=NCC1CN(CC(C)C)CCO1)NCCc1cccc(C(=O)N(C)C)c1.I. The summed E-state index contributed by atoms with van der Waals surface area (Å²) >= 11 is 0. The van der Waals surface area contributed by atoms with Crippen LogP contribution in [-0.2, 0) is 11.2 Å². The van der Waals surface area contributed by atoms with Crippen molar-refractivity contribution in [3.63, 3.8) is 0 Å². The molecule has 1 saturated heterocycles. The second-order valence-corrected chi connectivity index (χ2v) is 8.44. The van der Waals surface area contributed by atoms with Crippen LogP contribution in [0, 0.1) is 5.92 Å². The first-order valence-electron chi connectivity index (χ1n) is 11.1. The molecule has 176 valence electrons. The van der Waals surface area contributed by atoms with Gasteiger partial charge in [-0.1, -0.05) is 26.0 Å². The standard InChI is InChI=1S/C23H39N5O2.HI/c1-6-24-23(26-15-21-17-28(12-13-30-21)16-18(2)3)25-11-10-19-8-7-9-20(14-19)22(29)27(4)5;/h7-9,14,18,21H,6,10-13,15-17H2,1-5H3,(H2,24,25,26);1H. The number of hydrogen-bond acceptors (Lipinski definition) is 4. The monoisotopic (exact) mass is 545 g/mol. The molecule has 0 saturated carbocycles. The fraction of sp³-hybridized carbons (Fsp3) is 0.652. The van der Waals surface area contributed by atoms with Crippen molar-refractivity contribution in [2.24, 2.45) is 10.9 Å². The summed E-state index contributed by atoms with van der Waals surface area (Å²) < 4.78 is 5.91. The quantitative estimate of drug-likeness (QED) is 0.284. The van der Waals surface area contributed by atoms with Gasteiger partial charge >= 0.3 is 0 Å². The van der Waals surface area contributed by atoms with Gasteiger partial charge in [0, 0.05) is 52.4 Å². The molecule has 1 unspecified atom stereocenters. The summed E-state index contributed by atoms with van der Waals surface area (Å²) in [5.74, 6) is 1.50. The van der Waals surface area contributed by atoms with Crippen molar-refractivity contribution in [2.75, 3.05) is 60.0 Å². The highest BCUT2D eigenvalue weighted by Crippen LogP contribution is 2.09. The summed E-state index contributed by atoms with van der Waals surface area (Å²) in [6.45, 7) is 12.6. The number of rotatable bonds is 9. The average molecular weight is 546 g/mol. The van der Waals surface area contributed by atoms with Gasteiger partial charge in [-0.3, -0.25) is 14.7 Å². The van der Waals surface area contributed by atoms with Gasteiger partial charge in [0.05, 0.1) is 19.3 Å². The Balaban J connectivity index is 0.00000480. The normalized spacial score (nSPS) is 17.2. The van der Waals surface area contributed by atoms with Crippen molar-refractivity contribution < 1.29 is 9.53 Å². The number of ether oxygens (including phenoxy) is 1. The molecule has 1 aliphatic rings. The van der Waals surface area contributed by atoms with E-state index in [1.807, 2.05) is 18.2 Å². The maximum atomic E-state index is 12.1. The lowest BCUT2D eigenvalue weighted by Crippen LogP contribution is -2.46. The summed E-state index contributed by atoms with van der Waals surface area (Å²) in [4.78, 5) is 20.9. The molecule has 1 fully saturated rings. The average Bonchev–Trinajstić information content (AvgIpc) is 2.71. The highest BCUT2D eigenvalue weighted by atomic mass is 127. The molecule has 0 aliphatic carbocycles. The Hall–Kier alpha value is -1.39. The van der Waals surface area contributed by atoms with Crippen molar-refractivity contribution in [2.45, 2.75) is 33.3 Å². The highest BCUT2D eigenvalue weighted by Gasteiger charge is 2.20. The van der Waals surface area contributed by atoms with Gasteiger partial charge in [-0.2, -0.15) is 0 Å². The van der Waals surface area contributed by atoms with Crippen LogP contribution >= 0.6 is 24.0 Å². The number of aliphatic imine (C=N–C) groups is 1. The van der Waals surface area contributed by atoms with Gasteiger partial charge in [0.25, 0.3) is 5.91 Å². The molecule has 31 heavy (non-hydrogen) atoms. The molecule has 1 aliphatic heterocycles. The third-order valence-electron chi connectivity index (χ3n) is 4.93. The second-order valence-electron chi connectivity index (χ2n) is 8.44. The summed E-state index contributed by atoms with van der Waals surface area (Å²) in [5, 5.41) is 6.70. The number of benzene rings is 1. The van der Waals surface area contributed by atoms with Crippen molar-refractivity contribution in [3.8, 4) is 0 Å². The van der Waals surface area contributed by atoms with Gasteiger partial charge in [-0.25, -0.2) is 0 Å². The Morgan fingerprint density at radius 1 is 1.32 bits per heavy atom. The fourth-order valence-electron chi connectivity index (χ4n) is 3.55. The molecule has 7 nitrogen and oxygen atoms in total. The van der Waals surface area contributed by atoms with Crippen LogP contribution in [0.25, 0.3) is 0 Å². The van der Waals surface area contributed by atoms with Crippen LogP contribution in [0.3, 0.4) is 0 Å². The number of morpholine rings is 1. The van der Waals surface area contributed by atoms with Crippen molar-refractivity contribution >= 4 is 35.8 Å². The summed E-state index contributed by atoms with van der Waals surface area (Å²) in [7, 11) is 3.54. The Morgan fingerprint density at radius 2 is 2.10 bits per heavy atom. The van der Waals surface area contributed by atoms with Crippen molar-refractivity contribution in [1.29, 1.82) is 0 Å². The number of nitrogens with zero attached hydrogens (tertiary/aromatic N) is 3. The van der Waals surface area contributed by atoms with Gasteiger partial charge in [0.1, 0.15) is 0 Å². The minimum atomic E-state index is 0. The number of nitrogens with one attached hydrogen (secondary N) is 2. The molecule has 0 radical (unpaired) electrons. The molecule has 0 spiro atoms. The van der Waals surface area contributed by atoms with E-state index in [1.54, 1.807) is 19.0 Å². The molecule has 1 aromatic rings. The zero-order chi connectivity index (χ0) is 21.9. The third kappa shape index (κ3) is 10.2. The zero-order valence-electron chi connectivity index (χ0n) is 19.7. The van der Waals surface area contributed by atoms with E-state index < -0.39 is 0 Å². The van der Waals surface area contributed by atoms with E-state index in [1.165, 1.54) is 0 Å². The topological polar surface area (TPSA) is 69.2 Å². The number of carbonyl (C=O) groups excluding carboxylic acids is 1. The highest BCUT2D eigenvalue weighted by molar-refractivity contribution is 14.0. The van der Waals surface area contributed by atoms with E-state index in [0.717, 1.165) is 62.8 Å². The smallest absolute Gasteiger partial charge is 0.253 e. The van der Waals surface area contributed by atoms with Gasteiger partial charge < -0.3 is 20.3 Å². The van der Waals surface area contributed by atoms with Crippen LogP contribution in [-0.4, -0.2) is 87.7 Å². The maximum absolute atomic E-state index is 12.1. The lowest BCUT2D eigenvalue weighted by molar-refractivity contribution is -0.0261. The molecule has 0 aromatic heterocycles. The van der Waals surface area contributed by atoms with E-state index >= 15 is 0 Å². The largest absolute Gasteiger partial charge is 0.374 e. The molecule has 1 amide bonds. The van der Waals surface area contributed by atoms with Crippen LogP contribution < -0.4 is 10.6 Å². The van der Waals surface area contributed by atoms with Gasteiger partial charge in [0.2, 0.25) is 0 Å². The molecule has 8 heteroatoms. The Morgan fingerprint density at radius 3 is 2.77 bits per heavy atom. The molecular formula is C23H40IN5O2. The first-order valence-corrected chi connectivity index (χ1v) is 11.1. The lowest BCUT2D eigenvalue weighted by atomic mass is 10.1. The van der Waals surface area contributed by atoms with E-state index in [-0.39, 0.29) is 36.0 Å². The number of amides is 1. The third-order valence-corrected chi connectivity index (χ3v) is 4.93. The first kappa shape index (κ1) is 27.6. The summed E-state index contributed by atoms with van der Waals surface area (Å²) in [6, 6.07) is 7.82. The Kier molecular flexibility index (Phi) is 13.0. The van der Waals surface area contributed by atoms with Gasteiger partial charge in [-0.05, 0) is 37.0 Å². The minimum absolute atomic E-state index is 0. The molecule has 2 N–H and O–H groups in total. The number of hydrogen-bond donors (Lipinski definition) is 2. The van der Waals surface area contributed by atoms with Crippen LogP contribution in [0.15, 0.2) is 29.3 Å². The van der Waals surface area contributed by atoms with Crippen LogP contribution in [0.2, 0.25) is 0 Å². The van der Waals surface area contributed by atoms with Crippen LogP contribution in [0.4, 0.5) is 0 Å². The molecule has 1 heterocycles. The predicted octanol–water partition coefficient (Wildman–Crippen LogP) is 2.46. The lowest BCUT2D eigenvalue weighted by Gasteiger charge is -2.33. The first-order chi connectivity index (χ1) is 14.4. The number of halogens is 1. The molecule has 1 aromatic carbocycles. The number of guanidine groups is 1. The van der Waals surface area contributed by atoms with Crippen molar-refractivity contribution in [1.82, 2.24) is 20.4 Å². The van der Waals surface area contributed by atoms with E-state index in [2.05, 4.69) is 42.4 Å². The Labute approximate surface area is 205 Å². The van der Waals surface area contributed by atoms with Gasteiger partial charge in [-0.15, -0.1) is 24.0 Å². The summed E-state index contributed by atoms with van der Waals surface area (Å²) in [6.07, 6.45) is 0.961. The molecular weight excluding hydrogens is 505 g/mol. The van der Waals surface area contributed by atoms with Crippen LogP contribution in [0.1, 0.15) is 36.7 Å². The van der Waals surface area contributed by atoms with Crippen molar-refractivity contribution in [3.05, 3.63) is 35.4 Å². The van der Waals surface area contributed by atoms with E-state index in [0.29, 0.717) is 12.5 Å². The molecule has 1 atom stereocenters. The van der Waals surface area contributed by atoms with Gasteiger partial charge in [0.15, 0.2) is 5.96 Å². The fourth-order valence-corrected chi connectivity index (χ4v) is 3.55. The molecule has 2 rings (SSSR count). The van der Waals surface area contributed by atoms with Crippen LogP contribution in [0.5, 0.6) is 0 Å². The van der Waals surface area contributed by atoms with E-state index in [4.69, 9.17) is 9.73 Å². The molecule has 0 bridgehead atoms. The van der Waals surface area contributed by atoms with E-state index in [9.17, 15) is 4.79 Å². The Bertz CT molecular complexity index is 696. The predicted molar refractivity (Wildman–Crippen MR) is 139 cm³/mol. The zero-order valence-corrected chi connectivity index (χ0v) is 22.0. The minimum Gasteiger partial charge on any atom is -0.374 e. The second kappa shape index (κ2) is 14.6. The maximum Gasteiger partial charge on any atom is 0.253 e. The number of carbonyl (C=O) groups is 1.